The van der Waals surface area contributed by atoms with E-state index in [1.54, 1.807) is 26.0 Å². The lowest BCUT2D eigenvalue weighted by Gasteiger charge is -2.30. The van der Waals surface area contributed by atoms with Gasteiger partial charge >= 0.3 is 12.1 Å². The van der Waals surface area contributed by atoms with Crippen LogP contribution in [-0.4, -0.2) is 79.9 Å². The standard InChI is InChI=1S/C32H44N4O9/c1-8-12-34-32(42)36-26-21-13-17(2)14-25(44-7)27(38)19(4)15-20(5)29(45-31(33)41)24(43-6)11-9-10-18(3)30(40)35-22(28(21)39)16-23(26)37/h8-11,15-17,19,24-25,27,29,38H,1,12-14H2,2-7H3,(H2,33,41)(H,35,40)(H2,34,36,42)/b11-9-,18-10+,20-15+/t17-,19+,24+,25+,27-,29+/m1/s1. The topological polar surface area (TPSA) is 195 Å². The molecule has 0 fully saturated rings. The van der Waals surface area contributed by atoms with E-state index in [-0.39, 0.29) is 47.8 Å². The summed E-state index contributed by atoms with van der Waals surface area (Å²) in [5, 5.41) is 18.7. The fourth-order valence-corrected chi connectivity index (χ4v) is 5.04. The second-order valence-corrected chi connectivity index (χ2v) is 11.1. The van der Waals surface area contributed by atoms with Crippen LogP contribution in [0.5, 0.6) is 0 Å². The Morgan fingerprint density at radius 1 is 1.18 bits per heavy atom. The molecule has 1 heterocycles. The third kappa shape index (κ3) is 10.4. The summed E-state index contributed by atoms with van der Waals surface area (Å²) in [6, 6.07) is -0.706. The Morgan fingerprint density at radius 3 is 2.47 bits per heavy atom. The number of amides is 4. The highest BCUT2D eigenvalue weighted by molar-refractivity contribution is 6.24. The Bertz CT molecular complexity index is 1330. The number of nitrogens with one attached hydrogen (secondary N) is 3. The van der Waals surface area contributed by atoms with E-state index < -0.39 is 59.9 Å². The van der Waals surface area contributed by atoms with Gasteiger partial charge in [-0.25, -0.2) is 9.59 Å². The van der Waals surface area contributed by atoms with Crippen molar-refractivity contribution in [3.63, 3.8) is 0 Å². The molecule has 246 valence electrons. The minimum absolute atomic E-state index is 0.000933. The monoisotopic (exact) mass is 628 g/mol. The molecule has 0 unspecified atom stereocenters. The van der Waals surface area contributed by atoms with Gasteiger partial charge in [0.25, 0.3) is 5.91 Å². The average molecular weight is 629 g/mol. The van der Waals surface area contributed by atoms with Crippen LogP contribution in [0.4, 0.5) is 9.59 Å². The first-order valence-electron chi connectivity index (χ1n) is 14.5. The molecule has 6 N–H and O–H groups in total. The number of hydrogen-bond donors (Lipinski definition) is 5. The summed E-state index contributed by atoms with van der Waals surface area (Å²) in [5.74, 6) is -2.79. The largest absolute Gasteiger partial charge is 0.439 e. The molecule has 2 bridgehead atoms. The van der Waals surface area contributed by atoms with Crippen LogP contribution in [0.3, 0.4) is 0 Å². The summed E-state index contributed by atoms with van der Waals surface area (Å²) < 4.78 is 16.5. The zero-order valence-electron chi connectivity index (χ0n) is 26.5. The molecule has 0 aromatic rings. The molecule has 6 atom stereocenters. The number of ketones is 2. The fraction of sp³-hybridized carbons (Fsp3) is 0.469. The van der Waals surface area contributed by atoms with Gasteiger partial charge in [0.15, 0.2) is 6.10 Å². The average Bonchev–Trinajstić information content (AvgIpc) is 2.98. The molecule has 0 saturated carbocycles. The molecular formula is C32H44N4O9. The summed E-state index contributed by atoms with van der Waals surface area (Å²) in [6.07, 6.45) is 4.43. The van der Waals surface area contributed by atoms with Crippen LogP contribution in [0.25, 0.3) is 0 Å². The van der Waals surface area contributed by atoms with Crippen LogP contribution in [0.1, 0.15) is 40.5 Å². The SMILES string of the molecule is C=CCNC(=O)NC1=C2C[C@@H](C)C[C@H](OC)[C@H](O)[C@@H](C)/C=C(\C)[C@H](OC(N)=O)[C@@H](OC)/C=C\C=C(/C)C(=O)NC(=CC1=O)C2=O. The molecule has 1 aliphatic heterocycles. The number of nitrogens with two attached hydrogens (primary N) is 1. The maximum Gasteiger partial charge on any atom is 0.405 e. The second-order valence-electron chi connectivity index (χ2n) is 11.1. The maximum atomic E-state index is 13.7. The highest BCUT2D eigenvalue weighted by atomic mass is 16.6. The van der Waals surface area contributed by atoms with Crippen LogP contribution in [0, 0.1) is 11.8 Å². The highest BCUT2D eigenvalue weighted by Gasteiger charge is 2.34. The number of aliphatic hydroxyl groups excluding tert-OH is 1. The van der Waals surface area contributed by atoms with Gasteiger partial charge in [0.05, 0.1) is 23.6 Å². The Kier molecular flexibility index (Phi) is 14.1. The number of carbonyl (C=O) groups is 5. The fourth-order valence-electron chi connectivity index (χ4n) is 5.04. The minimum atomic E-state index is -1.03. The minimum Gasteiger partial charge on any atom is -0.439 e. The number of urea groups is 1. The summed E-state index contributed by atoms with van der Waals surface area (Å²) >= 11 is 0. The van der Waals surface area contributed by atoms with Gasteiger partial charge in [-0.05, 0) is 38.2 Å². The molecule has 13 nitrogen and oxygen atoms in total. The lowest BCUT2D eigenvalue weighted by atomic mass is 9.85. The summed E-state index contributed by atoms with van der Waals surface area (Å²) in [7, 11) is 2.86. The Balaban J connectivity index is 2.63. The predicted molar refractivity (Wildman–Crippen MR) is 166 cm³/mol. The van der Waals surface area contributed by atoms with E-state index in [1.165, 1.54) is 39.4 Å². The van der Waals surface area contributed by atoms with Gasteiger partial charge in [-0.2, -0.15) is 0 Å². The Hall–Kier alpha value is -4.33. The number of primary amides is 1. The van der Waals surface area contributed by atoms with Crippen LogP contribution in [0.15, 0.2) is 71.1 Å². The lowest BCUT2D eigenvalue weighted by Crippen LogP contribution is -2.41. The zero-order valence-corrected chi connectivity index (χ0v) is 26.5. The van der Waals surface area contributed by atoms with Crippen LogP contribution in [0.2, 0.25) is 0 Å². The number of aliphatic hydroxyl groups is 1. The van der Waals surface area contributed by atoms with E-state index >= 15 is 0 Å². The second kappa shape index (κ2) is 17.2. The molecule has 0 spiro atoms. The van der Waals surface area contributed by atoms with Crippen molar-refractivity contribution in [3.05, 3.63) is 71.1 Å². The Morgan fingerprint density at radius 2 is 1.87 bits per heavy atom. The van der Waals surface area contributed by atoms with Gasteiger partial charge in [0.1, 0.15) is 6.10 Å². The van der Waals surface area contributed by atoms with E-state index in [1.807, 2.05) is 6.92 Å². The number of rotatable bonds is 6. The quantitative estimate of drug-likeness (QED) is 0.216. The van der Waals surface area contributed by atoms with E-state index in [0.717, 1.165) is 6.08 Å². The number of allylic oxidation sites excluding steroid dienone is 4. The van der Waals surface area contributed by atoms with Crippen molar-refractivity contribution in [2.24, 2.45) is 17.6 Å². The number of ether oxygens (including phenoxy) is 3. The summed E-state index contributed by atoms with van der Waals surface area (Å²) in [5.41, 5.74) is 5.62. The normalized spacial score (nSPS) is 30.1. The van der Waals surface area contributed by atoms with Gasteiger partial charge in [0.2, 0.25) is 11.6 Å². The molecule has 2 aliphatic rings. The molecule has 2 rings (SSSR count). The number of methoxy groups -OCH3 is 2. The van der Waals surface area contributed by atoms with Crippen molar-refractivity contribution in [1.82, 2.24) is 16.0 Å². The molecule has 4 amide bonds. The van der Waals surface area contributed by atoms with E-state index in [4.69, 9.17) is 19.9 Å². The van der Waals surface area contributed by atoms with Gasteiger partial charge in [0, 0.05) is 43.9 Å². The zero-order chi connectivity index (χ0) is 33.8. The highest BCUT2D eigenvalue weighted by Crippen LogP contribution is 2.28. The van der Waals surface area contributed by atoms with Crippen molar-refractivity contribution in [2.45, 2.75) is 65.0 Å². The molecular weight excluding hydrogens is 584 g/mol. The first-order chi connectivity index (χ1) is 21.2. The molecule has 0 saturated heterocycles. The smallest absolute Gasteiger partial charge is 0.405 e. The number of carbonyl (C=O) groups excluding carboxylic acids is 5. The van der Waals surface area contributed by atoms with Crippen LogP contribution < -0.4 is 21.7 Å². The number of Topliss-reactive ketones (excluding diaryl/α,β-unsaturated/α-hetero) is 1. The third-order valence-corrected chi connectivity index (χ3v) is 7.44. The van der Waals surface area contributed by atoms with E-state index in [2.05, 4.69) is 22.5 Å². The molecule has 0 aromatic heterocycles. The van der Waals surface area contributed by atoms with E-state index in [9.17, 15) is 29.1 Å². The molecule has 0 aromatic carbocycles. The van der Waals surface area contributed by atoms with Crippen molar-refractivity contribution in [3.8, 4) is 0 Å². The van der Waals surface area contributed by atoms with Crippen LogP contribution >= 0.6 is 0 Å². The summed E-state index contributed by atoms with van der Waals surface area (Å²) in [6.45, 7) is 10.5. The van der Waals surface area contributed by atoms with Gasteiger partial charge in [-0.1, -0.05) is 44.2 Å². The van der Waals surface area contributed by atoms with Gasteiger partial charge in [-0.15, -0.1) is 6.58 Å². The first kappa shape index (κ1) is 36.9. The van der Waals surface area contributed by atoms with Gasteiger partial charge < -0.3 is 41.0 Å². The third-order valence-electron chi connectivity index (χ3n) is 7.44. The van der Waals surface area contributed by atoms with Crippen molar-refractivity contribution >= 4 is 29.6 Å². The van der Waals surface area contributed by atoms with Crippen molar-refractivity contribution in [2.75, 3.05) is 20.8 Å². The van der Waals surface area contributed by atoms with Crippen molar-refractivity contribution in [1.29, 1.82) is 0 Å². The molecule has 0 radical (unpaired) electrons. The predicted octanol–water partition coefficient (Wildman–Crippen LogP) is 2.25. The van der Waals surface area contributed by atoms with Crippen LogP contribution in [-0.2, 0) is 28.6 Å². The number of fused-ring (bicyclic) bond motifs is 2. The summed E-state index contributed by atoms with van der Waals surface area (Å²) in [4.78, 5) is 64.0. The van der Waals surface area contributed by atoms with E-state index in [0.29, 0.717) is 5.57 Å². The first-order valence-corrected chi connectivity index (χ1v) is 14.5. The van der Waals surface area contributed by atoms with Gasteiger partial charge in [-0.3, -0.25) is 14.4 Å². The maximum absolute atomic E-state index is 13.7. The molecule has 13 heteroatoms. The lowest BCUT2D eigenvalue weighted by molar-refractivity contribution is -0.120. The number of hydrogen-bond acceptors (Lipinski definition) is 9. The Labute approximate surface area is 263 Å². The van der Waals surface area contributed by atoms with Crippen molar-refractivity contribution < 1.29 is 43.3 Å². The molecule has 45 heavy (non-hydrogen) atoms. The molecule has 1 aliphatic carbocycles.